The van der Waals surface area contributed by atoms with Gasteiger partial charge in [0.05, 0.1) is 0 Å². The van der Waals surface area contributed by atoms with Crippen LogP contribution in [0, 0.1) is 0 Å². The number of hydrogen-bond donors (Lipinski definition) is 0. The molecule has 0 aromatic heterocycles. The second-order valence-corrected chi connectivity index (χ2v) is 4.83. The summed E-state index contributed by atoms with van der Waals surface area (Å²) >= 11 is 10.1. The third-order valence-corrected chi connectivity index (χ3v) is 3.30. The molecule has 6 heteroatoms. The fourth-order valence-electron chi connectivity index (χ4n) is 0.270. The molecule has 0 aliphatic heterocycles. The average molecular weight is 203 g/mol. The summed E-state index contributed by atoms with van der Waals surface area (Å²) in [5.41, 5.74) is 0. The molecule has 0 saturated carbocycles. The number of halogens is 1. The Morgan fingerprint density at radius 2 is 1.90 bits per heavy atom. The van der Waals surface area contributed by atoms with E-state index in [4.69, 9.17) is 37.0 Å². The summed E-state index contributed by atoms with van der Waals surface area (Å²) in [6, 6.07) is 0. The summed E-state index contributed by atoms with van der Waals surface area (Å²) in [6.07, 6.45) is 0. The van der Waals surface area contributed by atoms with Crippen molar-refractivity contribution in [2.45, 2.75) is 0 Å². The molecule has 0 amide bonds. The normalized spacial score (nSPS) is 11.1. The fraction of sp³-hybridized carbons (Fsp3) is 0.500. The van der Waals surface area contributed by atoms with Crippen LogP contribution in [0.5, 0.6) is 0 Å². The van der Waals surface area contributed by atoms with E-state index in [-0.39, 0.29) is 5.22 Å². The van der Waals surface area contributed by atoms with E-state index in [1.165, 1.54) is 14.2 Å². The Morgan fingerprint density at radius 1 is 1.50 bits per heavy atom. The fourth-order valence-corrected chi connectivity index (χ4v) is 1.48. The lowest BCUT2D eigenvalue weighted by Gasteiger charge is -2.16. The Balaban J connectivity index is 4.07. The van der Waals surface area contributed by atoms with E-state index in [0.717, 1.165) is 0 Å². The first-order valence-corrected chi connectivity index (χ1v) is 5.23. The molecule has 0 bridgehead atoms. The molecule has 0 spiro atoms. The molecule has 0 atom stereocenters. The van der Waals surface area contributed by atoms with Gasteiger partial charge in [0.25, 0.3) is 0 Å². The van der Waals surface area contributed by atoms with E-state index >= 15 is 0 Å². The third-order valence-electron chi connectivity index (χ3n) is 0.658. The smallest absolute Gasteiger partial charge is 0.380 e. The number of hydrogen-bond acceptors (Lipinski definition) is 4. The largest absolute Gasteiger partial charge is 0.413 e. The molecule has 0 unspecified atom stereocenters. The van der Waals surface area contributed by atoms with Crippen LogP contribution in [-0.4, -0.2) is 14.2 Å². The van der Waals surface area contributed by atoms with Gasteiger partial charge in [-0.1, -0.05) is 0 Å². The van der Waals surface area contributed by atoms with Crippen LogP contribution in [0.2, 0.25) is 0 Å². The molecule has 0 N–H and O–H groups in total. The summed E-state index contributed by atoms with van der Waals surface area (Å²) in [5, 5.41) is -0.0213. The van der Waals surface area contributed by atoms with Crippen molar-refractivity contribution in [2.75, 3.05) is 14.2 Å². The highest BCUT2D eigenvalue weighted by Gasteiger charge is 2.17. The predicted octanol–water partition coefficient (Wildman–Crippen LogP) is 2.23. The highest BCUT2D eigenvalue weighted by molar-refractivity contribution is 8.07. The maximum Gasteiger partial charge on any atom is 0.380 e. The maximum absolute atomic E-state index is 5.30. The monoisotopic (exact) mass is 202 g/mol. The summed E-state index contributed by atoms with van der Waals surface area (Å²) in [4.78, 5) is 0. The molecule has 3 nitrogen and oxygen atoms in total. The van der Waals surface area contributed by atoms with Gasteiger partial charge in [-0.2, -0.15) is 0 Å². The molecule has 0 aliphatic carbocycles. The van der Waals surface area contributed by atoms with Gasteiger partial charge < -0.3 is 13.6 Å². The van der Waals surface area contributed by atoms with E-state index in [0.29, 0.717) is 0 Å². The molecule has 0 radical (unpaired) electrons. The van der Waals surface area contributed by atoms with Gasteiger partial charge in [0.1, 0.15) is 0 Å². The minimum absolute atomic E-state index is 0.0213. The van der Waals surface area contributed by atoms with E-state index in [9.17, 15) is 0 Å². The van der Waals surface area contributed by atoms with Gasteiger partial charge in [-0.15, -0.1) is 0 Å². The van der Waals surface area contributed by atoms with Gasteiger partial charge in [-0.05, 0) is 18.2 Å². The van der Waals surface area contributed by atoms with Crippen LogP contribution in [0.15, 0.2) is 11.8 Å². The summed E-state index contributed by atoms with van der Waals surface area (Å²) in [6.45, 7) is 0.645. The third kappa shape index (κ3) is 3.54. The SMILES string of the molecule is C=C(Cl)OP(=S)(OC)OC. The second-order valence-electron chi connectivity index (χ2n) is 1.26. The Kier molecular flexibility index (Phi) is 4.49. The van der Waals surface area contributed by atoms with E-state index < -0.39 is 6.72 Å². The first-order valence-electron chi connectivity index (χ1n) is 2.29. The van der Waals surface area contributed by atoms with Crippen molar-refractivity contribution in [2.24, 2.45) is 0 Å². The molecule has 0 saturated heterocycles. The molecule has 0 fully saturated rings. The van der Waals surface area contributed by atoms with Crippen molar-refractivity contribution >= 4 is 30.1 Å². The predicted molar refractivity (Wildman–Crippen MR) is 44.4 cm³/mol. The van der Waals surface area contributed by atoms with Crippen LogP contribution in [0.4, 0.5) is 0 Å². The topological polar surface area (TPSA) is 27.7 Å². The minimum atomic E-state index is -2.64. The molecule has 10 heavy (non-hydrogen) atoms. The molecule has 0 aromatic rings. The average Bonchev–Trinajstić information content (AvgIpc) is 1.87. The standard InChI is InChI=1S/C4H8ClO3PS/c1-4(5)8-9(10,6-2)7-3/h1H2,2-3H3. The molecule has 0 aromatic carbocycles. The Morgan fingerprint density at radius 3 is 2.00 bits per heavy atom. The van der Waals surface area contributed by atoms with E-state index in [1.807, 2.05) is 0 Å². The molecule has 0 heterocycles. The number of rotatable bonds is 4. The zero-order valence-corrected chi connectivity index (χ0v) is 8.13. The van der Waals surface area contributed by atoms with Gasteiger partial charge in [-0.25, -0.2) is 0 Å². The van der Waals surface area contributed by atoms with Gasteiger partial charge in [0, 0.05) is 26.0 Å². The van der Waals surface area contributed by atoms with Gasteiger partial charge in [-0.3, -0.25) is 0 Å². The lowest BCUT2D eigenvalue weighted by Crippen LogP contribution is -1.90. The van der Waals surface area contributed by atoms with Crippen molar-refractivity contribution in [1.82, 2.24) is 0 Å². The molecular formula is C4H8ClO3PS. The van der Waals surface area contributed by atoms with Crippen LogP contribution < -0.4 is 0 Å². The van der Waals surface area contributed by atoms with E-state index in [2.05, 4.69) is 6.58 Å². The van der Waals surface area contributed by atoms with Crippen molar-refractivity contribution in [3.8, 4) is 0 Å². The van der Waals surface area contributed by atoms with Crippen molar-refractivity contribution in [3.63, 3.8) is 0 Å². The molecule has 60 valence electrons. The van der Waals surface area contributed by atoms with Gasteiger partial charge in [0.15, 0.2) is 5.22 Å². The molecule has 0 rings (SSSR count). The zero-order valence-electron chi connectivity index (χ0n) is 5.67. The lowest BCUT2D eigenvalue weighted by atomic mass is 11.2. The quantitative estimate of drug-likeness (QED) is 0.516. The Labute approximate surface area is 70.2 Å². The molecule has 0 aliphatic rings. The Bertz CT molecular complexity index is 164. The van der Waals surface area contributed by atoms with Gasteiger partial charge in [0.2, 0.25) is 0 Å². The molecular weight excluding hydrogens is 195 g/mol. The van der Waals surface area contributed by atoms with Crippen molar-refractivity contribution in [1.29, 1.82) is 0 Å². The van der Waals surface area contributed by atoms with Crippen LogP contribution >= 0.6 is 18.3 Å². The van der Waals surface area contributed by atoms with Crippen LogP contribution in [0.3, 0.4) is 0 Å². The highest BCUT2D eigenvalue weighted by atomic mass is 35.5. The minimum Gasteiger partial charge on any atom is -0.413 e. The van der Waals surface area contributed by atoms with Crippen LogP contribution in [0.1, 0.15) is 0 Å². The summed E-state index contributed by atoms with van der Waals surface area (Å²) < 4.78 is 14.3. The lowest BCUT2D eigenvalue weighted by molar-refractivity contribution is 0.250. The second kappa shape index (κ2) is 4.31. The Hall–Kier alpha value is 0.400. The summed E-state index contributed by atoms with van der Waals surface area (Å²) in [7, 11) is 2.79. The van der Waals surface area contributed by atoms with Crippen LogP contribution in [0.25, 0.3) is 0 Å². The highest BCUT2D eigenvalue weighted by Crippen LogP contribution is 2.50. The zero-order chi connectivity index (χ0) is 8.20. The summed E-state index contributed by atoms with van der Waals surface area (Å²) in [5.74, 6) is 0. The van der Waals surface area contributed by atoms with Crippen molar-refractivity contribution < 1.29 is 13.6 Å². The first kappa shape index (κ1) is 10.4. The maximum atomic E-state index is 5.30. The van der Waals surface area contributed by atoms with E-state index in [1.54, 1.807) is 0 Å². The van der Waals surface area contributed by atoms with Gasteiger partial charge >= 0.3 is 6.72 Å². The van der Waals surface area contributed by atoms with Crippen molar-refractivity contribution in [3.05, 3.63) is 11.8 Å². The van der Waals surface area contributed by atoms with Crippen LogP contribution in [-0.2, 0) is 25.4 Å². The first-order chi connectivity index (χ1) is 4.54.